The minimum absolute atomic E-state index is 0.161. The van der Waals surface area contributed by atoms with Gasteiger partial charge in [-0.1, -0.05) is 0 Å². The molecule has 1 heterocycles. The normalized spacial score (nSPS) is 19.6. The molecule has 0 aliphatic carbocycles. The number of likely N-dealkylation sites (tertiary alicyclic amines) is 1. The molecule has 2 rings (SSSR count). The van der Waals surface area contributed by atoms with Crippen LogP contribution in [0.4, 0.5) is 11.4 Å². The van der Waals surface area contributed by atoms with Crippen molar-refractivity contribution in [1.82, 2.24) is 4.90 Å². The highest BCUT2D eigenvalue weighted by molar-refractivity contribution is 9.10. The van der Waals surface area contributed by atoms with Gasteiger partial charge in [0.1, 0.15) is 0 Å². The van der Waals surface area contributed by atoms with Gasteiger partial charge < -0.3 is 5.32 Å². The van der Waals surface area contributed by atoms with Crippen LogP contribution in [0.3, 0.4) is 0 Å². The van der Waals surface area contributed by atoms with Crippen LogP contribution in [0.25, 0.3) is 0 Å². The first-order chi connectivity index (χ1) is 9.38. The Labute approximate surface area is 127 Å². The molecule has 1 unspecified atom stereocenters. The molecule has 0 aromatic heterocycles. The number of hydrogen-bond acceptors (Lipinski definition) is 4. The van der Waals surface area contributed by atoms with E-state index in [9.17, 15) is 10.1 Å². The van der Waals surface area contributed by atoms with Gasteiger partial charge in [0.15, 0.2) is 0 Å². The topological polar surface area (TPSA) is 58.4 Å². The standard InChI is InChI=1S/C14H20BrN3O2/c1-9(2)17-5-4-11(8-17)16-13-7-14(18(19)20)10(3)6-12(13)15/h6-7,9,11,16H,4-5,8H2,1-3H3. The van der Waals surface area contributed by atoms with Crippen molar-refractivity contribution < 1.29 is 4.92 Å². The maximum absolute atomic E-state index is 11.0. The van der Waals surface area contributed by atoms with Crippen molar-refractivity contribution >= 4 is 27.3 Å². The van der Waals surface area contributed by atoms with Crippen molar-refractivity contribution in [3.05, 3.63) is 32.3 Å². The molecule has 1 N–H and O–H groups in total. The van der Waals surface area contributed by atoms with E-state index in [1.807, 2.05) is 0 Å². The summed E-state index contributed by atoms with van der Waals surface area (Å²) in [5.74, 6) is 0. The zero-order chi connectivity index (χ0) is 14.9. The molecule has 0 spiro atoms. The first-order valence-electron chi connectivity index (χ1n) is 6.83. The molecule has 1 aromatic carbocycles. The number of benzene rings is 1. The lowest BCUT2D eigenvalue weighted by Gasteiger charge is -2.21. The molecule has 1 aliphatic heterocycles. The minimum atomic E-state index is -0.331. The Bertz CT molecular complexity index is 519. The zero-order valence-corrected chi connectivity index (χ0v) is 13.6. The van der Waals surface area contributed by atoms with Crippen molar-refractivity contribution in [3.8, 4) is 0 Å². The van der Waals surface area contributed by atoms with E-state index in [2.05, 4.69) is 40.0 Å². The van der Waals surface area contributed by atoms with Crippen molar-refractivity contribution in [2.75, 3.05) is 18.4 Å². The fourth-order valence-electron chi connectivity index (χ4n) is 2.56. The van der Waals surface area contributed by atoms with Crippen LogP contribution in [0.15, 0.2) is 16.6 Å². The van der Waals surface area contributed by atoms with Crippen LogP contribution >= 0.6 is 15.9 Å². The van der Waals surface area contributed by atoms with E-state index >= 15 is 0 Å². The highest BCUT2D eigenvalue weighted by Crippen LogP contribution is 2.32. The number of nitro benzene ring substituents is 1. The minimum Gasteiger partial charge on any atom is -0.380 e. The number of nitrogens with zero attached hydrogens (tertiary/aromatic N) is 2. The van der Waals surface area contributed by atoms with Crippen molar-refractivity contribution in [3.63, 3.8) is 0 Å². The monoisotopic (exact) mass is 341 g/mol. The fourth-order valence-corrected chi connectivity index (χ4v) is 3.13. The predicted octanol–water partition coefficient (Wildman–Crippen LogP) is 3.56. The molecular weight excluding hydrogens is 322 g/mol. The van der Waals surface area contributed by atoms with E-state index in [1.165, 1.54) is 0 Å². The van der Waals surface area contributed by atoms with Gasteiger partial charge in [-0.25, -0.2) is 0 Å². The first-order valence-corrected chi connectivity index (χ1v) is 7.63. The van der Waals surface area contributed by atoms with Gasteiger partial charge in [0, 0.05) is 41.3 Å². The summed E-state index contributed by atoms with van der Waals surface area (Å²) in [7, 11) is 0. The number of nitro groups is 1. The molecule has 0 bridgehead atoms. The molecular formula is C14H20BrN3O2. The van der Waals surface area contributed by atoms with E-state index in [0.29, 0.717) is 17.6 Å². The maximum Gasteiger partial charge on any atom is 0.274 e. The van der Waals surface area contributed by atoms with Gasteiger partial charge in [0.2, 0.25) is 0 Å². The lowest BCUT2D eigenvalue weighted by atomic mass is 10.1. The molecule has 1 fully saturated rings. The molecule has 6 heteroatoms. The van der Waals surface area contributed by atoms with Gasteiger partial charge in [-0.15, -0.1) is 0 Å². The average molecular weight is 342 g/mol. The molecule has 20 heavy (non-hydrogen) atoms. The molecule has 110 valence electrons. The molecule has 0 radical (unpaired) electrons. The largest absolute Gasteiger partial charge is 0.380 e. The van der Waals surface area contributed by atoms with E-state index in [-0.39, 0.29) is 10.6 Å². The number of aryl methyl sites for hydroxylation is 1. The molecule has 1 saturated heterocycles. The van der Waals surface area contributed by atoms with Crippen molar-refractivity contribution in [1.29, 1.82) is 0 Å². The summed E-state index contributed by atoms with van der Waals surface area (Å²) in [4.78, 5) is 13.1. The Hall–Kier alpha value is -1.14. The molecule has 1 aliphatic rings. The van der Waals surface area contributed by atoms with Gasteiger partial charge in [0.05, 0.1) is 10.6 Å². The Kier molecular flexibility index (Phi) is 4.65. The van der Waals surface area contributed by atoms with Gasteiger partial charge in [-0.05, 0) is 49.2 Å². The average Bonchev–Trinajstić information content (AvgIpc) is 2.80. The summed E-state index contributed by atoms with van der Waals surface area (Å²) in [6.45, 7) is 8.18. The summed E-state index contributed by atoms with van der Waals surface area (Å²) in [5.41, 5.74) is 1.63. The second kappa shape index (κ2) is 6.10. The number of nitrogens with one attached hydrogen (secondary N) is 1. The molecule has 1 atom stereocenters. The maximum atomic E-state index is 11.0. The van der Waals surface area contributed by atoms with Crippen molar-refractivity contribution in [2.24, 2.45) is 0 Å². The van der Waals surface area contributed by atoms with Gasteiger partial charge in [-0.2, -0.15) is 0 Å². The summed E-state index contributed by atoms with van der Waals surface area (Å²) in [6.07, 6.45) is 1.06. The highest BCUT2D eigenvalue weighted by atomic mass is 79.9. The summed E-state index contributed by atoms with van der Waals surface area (Å²) in [6, 6.07) is 4.31. The zero-order valence-electron chi connectivity index (χ0n) is 12.0. The molecule has 0 saturated carbocycles. The van der Waals surface area contributed by atoms with Crippen LogP contribution < -0.4 is 5.32 Å². The molecule has 0 amide bonds. The number of rotatable bonds is 4. The second-order valence-electron chi connectivity index (χ2n) is 5.59. The molecule has 1 aromatic rings. The third kappa shape index (κ3) is 3.30. The highest BCUT2D eigenvalue weighted by Gasteiger charge is 2.25. The smallest absolute Gasteiger partial charge is 0.274 e. The number of halogens is 1. The number of hydrogen-bond donors (Lipinski definition) is 1. The third-order valence-electron chi connectivity index (χ3n) is 3.79. The quantitative estimate of drug-likeness (QED) is 0.671. The summed E-state index contributed by atoms with van der Waals surface area (Å²) < 4.78 is 0.878. The Morgan fingerprint density at radius 3 is 2.75 bits per heavy atom. The number of anilines is 1. The predicted molar refractivity (Wildman–Crippen MR) is 84.3 cm³/mol. The lowest BCUT2D eigenvalue weighted by molar-refractivity contribution is -0.385. The SMILES string of the molecule is Cc1cc(Br)c(NC2CCN(C(C)C)C2)cc1[N+](=O)[O-]. The van der Waals surface area contributed by atoms with Gasteiger partial charge in [-0.3, -0.25) is 15.0 Å². The van der Waals surface area contributed by atoms with Crippen LogP contribution in [0.5, 0.6) is 0 Å². The van der Waals surface area contributed by atoms with Crippen LogP contribution in [0.2, 0.25) is 0 Å². The van der Waals surface area contributed by atoms with Gasteiger partial charge in [0.25, 0.3) is 5.69 Å². The Morgan fingerprint density at radius 1 is 1.50 bits per heavy atom. The van der Waals surface area contributed by atoms with Gasteiger partial charge >= 0.3 is 0 Å². The second-order valence-corrected chi connectivity index (χ2v) is 6.45. The first kappa shape index (κ1) is 15.3. The van der Waals surface area contributed by atoms with Crippen LogP contribution in [-0.2, 0) is 0 Å². The van der Waals surface area contributed by atoms with E-state index in [1.54, 1.807) is 19.1 Å². The van der Waals surface area contributed by atoms with E-state index < -0.39 is 0 Å². The van der Waals surface area contributed by atoms with Crippen LogP contribution in [0, 0.1) is 17.0 Å². The fraction of sp³-hybridized carbons (Fsp3) is 0.571. The van der Waals surface area contributed by atoms with Crippen LogP contribution in [0.1, 0.15) is 25.8 Å². The van der Waals surface area contributed by atoms with Crippen LogP contribution in [-0.4, -0.2) is 35.0 Å². The lowest BCUT2D eigenvalue weighted by Crippen LogP contribution is -2.31. The molecule has 5 nitrogen and oxygen atoms in total. The Morgan fingerprint density at radius 2 is 2.20 bits per heavy atom. The van der Waals surface area contributed by atoms with E-state index in [4.69, 9.17) is 0 Å². The van der Waals surface area contributed by atoms with Crippen molar-refractivity contribution in [2.45, 2.75) is 39.3 Å². The van der Waals surface area contributed by atoms with E-state index in [0.717, 1.165) is 29.7 Å². The third-order valence-corrected chi connectivity index (χ3v) is 4.45. The summed E-state index contributed by atoms with van der Waals surface area (Å²) in [5, 5.41) is 14.4. The Balaban J connectivity index is 2.14. The summed E-state index contributed by atoms with van der Waals surface area (Å²) >= 11 is 3.48.